The number of rotatable bonds is 7. The van der Waals surface area contributed by atoms with E-state index in [1.165, 1.54) is 13.8 Å². The first-order valence-corrected chi connectivity index (χ1v) is 8.23. The van der Waals surface area contributed by atoms with Gasteiger partial charge in [0.05, 0.1) is 5.02 Å². The lowest BCUT2D eigenvalue weighted by atomic mass is 10.1. The zero-order valence-electron chi connectivity index (χ0n) is 14.3. The number of esters is 1. The molecule has 0 radical (unpaired) electrons. The molecule has 0 heterocycles. The number of carbonyl (C=O) groups excluding carboxylic acids is 3. The van der Waals surface area contributed by atoms with E-state index in [4.69, 9.17) is 21.1 Å². The van der Waals surface area contributed by atoms with Crippen LogP contribution in [0.3, 0.4) is 0 Å². The largest absolute Gasteiger partial charge is 0.480 e. The molecule has 6 nitrogen and oxygen atoms in total. The van der Waals surface area contributed by atoms with E-state index in [1.54, 1.807) is 48.5 Å². The molecule has 0 aliphatic rings. The van der Waals surface area contributed by atoms with Gasteiger partial charge in [-0.2, -0.15) is 0 Å². The second-order valence-corrected chi connectivity index (χ2v) is 5.88. The second kappa shape index (κ2) is 9.01. The molecular formula is C19H18ClNO5. The van der Waals surface area contributed by atoms with Crippen LogP contribution in [0, 0.1) is 0 Å². The number of anilines is 1. The number of nitrogens with one attached hydrogen (secondary N) is 1. The summed E-state index contributed by atoms with van der Waals surface area (Å²) in [6.45, 7) is 2.54. The summed E-state index contributed by atoms with van der Waals surface area (Å²) < 4.78 is 10.3. The highest BCUT2D eigenvalue weighted by Crippen LogP contribution is 2.23. The van der Waals surface area contributed by atoms with Crippen molar-refractivity contribution in [3.05, 3.63) is 59.1 Å². The molecular weight excluding hydrogens is 358 g/mol. The fourth-order valence-electron chi connectivity index (χ4n) is 2.02. The Morgan fingerprint density at radius 3 is 2.35 bits per heavy atom. The Morgan fingerprint density at radius 1 is 1.08 bits per heavy atom. The van der Waals surface area contributed by atoms with E-state index in [0.717, 1.165) is 0 Å². The van der Waals surface area contributed by atoms with Crippen LogP contribution in [0.15, 0.2) is 48.5 Å². The van der Waals surface area contributed by atoms with E-state index in [-0.39, 0.29) is 12.4 Å². The predicted molar refractivity (Wildman–Crippen MR) is 97.6 cm³/mol. The minimum atomic E-state index is -1.01. The summed E-state index contributed by atoms with van der Waals surface area (Å²) in [6, 6.07) is 13.1. The van der Waals surface area contributed by atoms with E-state index in [9.17, 15) is 14.4 Å². The maximum Gasteiger partial charge on any atom is 0.344 e. The molecule has 0 fully saturated rings. The van der Waals surface area contributed by atoms with Crippen molar-refractivity contribution in [2.75, 3.05) is 11.9 Å². The molecule has 2 aromatic rings. The van der Waals surface area contributed by atoms with Crippen LogP contribution in [0.25, 0.3) is 0 Å². The van der Waals surface area contributed by atoms with Gasteiger partial charge in [-0.1, -0.05) is 23.7 Å². The molecule has 0 spiro atoms. The van der Waals surface area contributed by atoms with Crippen LogP contribution in [0.4, 0.5) is 5.69 Å². The number of ether oxygens (including phenoxy) is 2. The number of hydrogen-bond acceptors (Lipinski definition) is 5. The van der Waals surface area contributed by atoms with Gasteiger partial charge in [-0.15, -0.1) is 0 Å². The molecule has 0 saturated heterocycles. The molecule has 26 heavy (non-hydrogen) atoms. The summed E-state index contributed by atoms with van der Waals surface area (Å²) in [6.07, 6.45) is -1.01. The summed E-state index contributed by atoms with van der Waals surface area (Å²) in [7, 11) is 0. The van der Waals surface area contributed by atoms with E-state index in [1.807, 2.05) is 0 Å². The highest BCUT2D eigenvalue weighted by Gasteiger charge is 2.18. The van der Waals surface area contributed by atoms with Gasteiger partial charge in [0, 0.05) is 11.3 Å². The number of halogens is 1. The van der Waals surface area contributed by atoms with Crippen LogP contribution in [0.2, 0.25) is 5.02 Å². The van der Waals surface area contributed by atoms with Crippen LogP contribution >= 0.6 is 11.6 Å². The zero-order chi connectivity index (χ0) is 19.1. The van der Waals surface area contributed by atoms with Gasteiger partial charge >= 0.3 is 5.97 Å². The predicted octanol–water partition coefficient (Wildman–Crippen LogP) is 3.49. The molecule has 0 bridgehead atoms. The second-order valence-electron chi connectivity index (χ2n) is 5.47. The first-order chi connectivity index (χ1) is 12.4. The van der Waals surface area contributed by atoms with Gasteiger partial charge in [-0.3, -0.25) is 9.59 Å². The van der Waals surface area contributed by atoms with E-state index >= 15 is 0 Å². The molecule has 2 rings (SSSR count). The first-order valence-electron chi connectivity index (χ1n) is 7.85. The Bertz CT molecular complexity index is 804. The first kappa shape index (κ1) is 19.5. The molecule has 0 aromatic heterocycles. The molecule has 7 heteroatoms. The lowest BCUT2D eigenvalue weighted by Gasteiger charge is -2.14. The van der Waals surface area contributed by atoms with Gasteiger partial charge in [0.25, 0.3) is 5.91 Å². The lowest BCUT2D eigenvalue weighted by Crippen LogP contribution is -2.31. The van der Waals surface area contributed by atoms with Gasteiger partial charge in [0.1, 0.15) is 5.75 Å². The van der Waals surface area contributed by atoms with Gasteiger partial charge < -0.3 is 14.8 Å². The molecule has 1 amide bonds. The Kier molecular flexibility index (Phi) is 6.74. The van der Waals surface area contributed by atoms with Gasteiger partial charge in [0.15, 0.2) is 18.5 Å². The van der Waals surface area contributed by atoms with Crippen molar-refractivity contribution in [2.24, 2.45) is 0 Å². The Hall–Kier alpha value is -2.86. The summed E-state index contributed by atoms with van der Waals surface area (Å²) in [4.78, 5) is 35.1. The third-order valence-electron chi connectivity index (χ3n) is 3.42. The quantitative estimate of drug-likeness (QED) is 0.591. The van der Waals surface area contributed by atoms with Crippen LogP contribution < -0.4 is 10.1 Å². The van der Waals surface area contributed by atoms with E-state index < -0.39 is 18.0 Å². The van der Waals surface area contributed by atoms with Gasteiger partial charge in [-0.05, 0) is 50.2 Å². The number of Topliss-reactive ketones (excluding diaryl/α,β-unsaturated/α-hetero) is 1. The third kappa shape index (κ3) is 5.60. The average molecular weight is 376 g/mol. The maximum atomic E-state index is 12.1. The number of carbonyl (C=O) groups is 3. The maximum absolute atomic E-state index is 12.1. The minimum absolute atomic E-state index is 0.0660. The SMILES string of the molecule is CC(=O)c1ccc(NC(=O)[C@H](C)OC(=O)COc2ccccc2Cl)cc1. The molecule has 136 valence electrons. The van der Waals surface area contributed by atoms with Crippen molar-refractivity contribution in [3.63, 3.8) is 0 Å². The van der Waals surface area contributed by atoms with Crippen LogP contribution in [-0.2, 0) is 14.3 Å². The summed E-state index contributed by atoms with van der Waals surface area (Å²) in [5.74, 6) is -0.899. The van der Waals surface area contributed by atoms with Crippen molar-refractivity contribution in [1.29, 1.82) is 0 Å². The van der Waals surface area contributed by atoms with Crippen LogP contribution in [-0.4, -0.2) is 30.4 Å². The fourth-order valence-corrected chi connectivity index (χ4v) is 2.21. The highest BCUT2D eigenvalue weighted by atomic mass is 35.5. The topological polar surface area (TPSA) is 81.7 Å². The molecule has 0 aliphatic heterocycles. The summed E-state index contributed by atoms with van der Waals surface area (Å²) in [5.41, 5.74) is 1.04. The molecule has 0 saturated carbocycles. The lowest BCUT2D eigenvalue weighted by molar-refractivity contribution is -0.155. The zero-order valence-corrected chi connectivity index (χ0v) is 15.1. The Labute approximate surface area is 156 Å². The number of para-hydroxylation sites is 1. The van der Waals surface area contributed by atoms with Crippen molar-refractivity contribution in [2.45, 2.75) is 20.0 Å². The molecule has 1 atom stereocenters. The minimum Gasteiger partial charge on any atom is -0.480 e. The van der Waals surface area contributed by atoms with E-state index in [2.05, 4.69) is 5.32 Å². The van der Waals surface area contributed by atoms with Crippen molar-refractivity contribution in [3.8, 4) is 5.75 Å². The smallest absolute Gasteiger partial charge is 0.344 e. The van der Waals surface area contributed by atoms with Crippen molar-refractivity contribution in [1.82, 2.24) is 0 Å². The third-order valence-corrected chi connectivity index (χ3v) is 3.73. The Balaban J connectivity index is 1.83. The Morgan fingerprint density at radius 2 is 1.73 bits per heavy atom. The highest BCUT2D eigenvalue weighted by molar-refractivity contribution is 6.32. The average Bonchev–Trinajstić information content (AvgIpc) is 2.61. The van der Waals surface area contributed by atoms with E-state index in [0.29, 0.717) is 22.0 Å². The number of ketones is 1. The van der Waals surface area contributed by atoms with Gasteiger partial charge in [0.2, 0.25) is 0 Å². The summed E-state index contributed by atoms with van der Waals surface area (Å²) in [5, 5.41) is 2.98. The van der Waals surface area contributed by atoms with Crippen LogP contribution in [0.1, 0.15) is 24.2 Å². The standard InChI is InChI=1S/C19H18ClNO5/c1-12(22)14-7-9-15(10-8-14)21-19(24)13(2)26-18(23)11-25-17-6-4-3-5-16(17)20/h3-10,13H,11H2,1-2H3,(H,21,24)/t13-/m0/s1. The number of benzene rings is 2. The molecule has 0 unspecified atom stereocenters. The molecule has 2 aromatic carbocycles. The van der Waals surface area contributed by atoms with Gasteiger partial charge in [-0.25, -0.2) is 4.79 Å². The normalized spacial score (nSPS) is 11.3. The van der Waals surface area contributed by atoms with Crippen LogP contribution in [0.5, 0.6) is 5.75 Å². The molecule has 1 N–H and O–H groups in total. The van der Waals surface area contributed by atoms with Crippen molar-refractivity contribution < 1.29 is 23.9 Å². The van der Waals surface area contributed by atoms with Crippen molar-refractivity contribution >= 4 is 34.9 Å². The summed E-state index contributed by atoms with van der Waals surface area (Å²) >= 11 is 5.92. The fraction of sp³-hybridized carbons (Fsp3) is 0.211. The monoisotopic (exact) mass is 375 g/mol. The number of hydrogen-bond donors (Lipinski definition) is 1. The molecule has 0 aliphatic carbocycles. The number of amides is 1.